The molecule has 19 heavy (non-hydrogen) atoms. The van der Waals surface area contributed by atoms with E-state index in [4.69, 9.17) is 10.5 Å². The zero-order chi connectivity index (χ0) is 13.8. The van der Waals surface area contributed by atoms with Crippen molar-refractivity contribution in [1.29, 1.82) is 0 Å². The van der Waals surface area contributed by atoms with Crippen molar-refractivity contribution in [2.24, 2.45) is 5.73 Å². The van der Waals surface area contributed by atoms with Gasteiger partial charge in [0, 0.05) is 19.1 Å². The Bertz CT molecular complexity index is 399. The Hall–Kier alpha value is -0.900. The molecule has 2 rings (SSSR count). The molecule has 2 N–H and O–H groups in total. The van der Waals surface area contributed by atoms with Crippen molar-refractivity contribution in [1.82, 2.24) is 4.90 Å². The first-order valence-electron chi connectivity index (χ1n) is 7.26. The van der Waals surface area contributed by atoms with Gasteiger partial charge < -0.3 is 10.5 Å². The highest BCUT2D eigenvalue weighted by molar-refractivity contribution is 5.34. The van der Waals surface area contributed by atoms with E-state index < -0.39 is 0 Å². The van der Waals surface area contributed by atoms with E-state index in [1.165, 1.54) is 16.7 Å². The minimum absolute atomic E-state index is 0.0779. The Morgan fingerprint density at radius 1 is 1.37 bits per heavy atom. The second-order valence-corrected chi connectivity index (χ2v) is 5.54. The van der Waals surface area contributed by atoms with E-state index in [0.717, 1.165) is 32.7 Å². The summed E-state index contributed by atoms with van der Waals surface area (Å²) in [5.74, 6) is 0. The topological polar surface area (TPSA) is 38.5 Å². The maximum absolute atomic E-state index is 6.38. The molecule has 0 amide bonds. The third kappa shape index (κ3) is 3.56. The van der Waals surface area contributed by atoms with Crippen LogP contribution in [0.2, 0.25) is 0 Å². The lowest BCUT2D eigenvalue weighted by molar-refractivity contribution is -0.0385. The maximum Gasteiger partial charge on any atom is 0.0856 e. The second kappa shape index (κ2) is 6.51. The number of nitrogens with two attached hydrogens (primary N) is 1. The SMILES string of the molecule is CCN1CCOC(C(N)Cc2c(C)cccc2C)C1. The second-order valence-electron chi connectivity index (χ2n) is 5.54. The van der Waals surface area contributed by atoms with Gasteiger partial charge in [0.25, 0.3) is 0 Å². The fraction of sp³-hybridized carbons (Fsp3) is 0.625. The first-order chi connectivity index (χ1) is 9.11. The molecule has 0 aliphatic carbocycles. The van der Waals surface area contributed by atoms with E-state index in [2.05, 4.69) is 43.9 Å². The monoisotopic (exact) mass is 262 g/mol. The highest BCUT2D eigenvalue weighted by Gasteiger charge is 2.25. The molecule has 0 spiro atoms. The van der Waals surface area contributed by atoms with Crippen LogP contribution in [0.15, 0.2) is 18.2 Å². The van der Waals surface area contributed by atoms with Crippen LogP contribution in [0.25, 0.3) is 0 Å². The number of hydrogen-bond donors (Lipinski definition) is 1. The molecule has 1 heterocycles. The number of nitrogens with zero attached hydrogens (tertiary/aromatic N) is 1. The van der Waals surface area contributed by atoms with Crippen molar-refractivity contribution in [2.45, 2.75) is 39.3 Å². The standard InChI is InChI=1S/C16H26N2O/c1-4-18-8-9-19-16(11-18)15(17)10-14-12(2)6-5-7-13(14)3/h5-7,15-16H,4,8-11,17H2,1-3H3. The van der Waals surface area contributed by atoms with Crippen molar-refractivity contribution in [2.75, 3.05) is 26.2 Å². The van der Waals surface area contributed by atoms with Gasteiger partial charge in [-0.2, -0.15) is 0 Å². The molecule has 1 aliphatic rings. The highest BCUT2D eigenvalue weighted by atomic mass is 16.5. The molecule has 1 aromatic rings. The van der Waals surface area contributed by atoms with Gasteiger partial charge in [0.05, 0.1) is 12.7 Å². The average Bonchev–Trinajstić information content (AvgIpc) is 2.43. The first-order valence-corrected chi connectivity index (χ1v) is 7.26. The molecule has 2 atom stereocenters. The summed E-state index contributed by atoms with van der Waals surface area (Å²) in [6, 6.07) is 6.51. The van der Waals surface area contributed by atoms with Gasteiger partial charge in [-0.15, -0.1) is 0 Å². The van der Waals surface area contributed by atoms with Gasteiger partial charge in [-0.05, 0) is 43.5 Å². The van der Waals surface area contributed by atoms with Crippen LogP contribution in [0.4, 0.5) is 0 Å². The Kier molecular flexibility index (Phi) is 4.97. The van der Waals surface area contributed by atoms with Gasteiger partial charge in [-0.25, -0.2) is 0 Å². The summed E-state index contributed by atoms with van der Waals surface area (Å²) in [4.78, 5) is 2.42. The van der Waals surface area contributed by atoms with Crippen molar-refractivity contribution in [3.8, 4) is 0 Å². The fourth-order valence-corrected chi connectivity index (χ4v) is 2.82. The first kappa shape index (κ1) is 14.5. The average molecular weight is 262 g/mol. The quantitative estimate of drug-likeness (QED) is 0.900. The van der Waals surface area contributed by atoms with Crippen molar-refractivity contribution < 1.29 is 4.74 Å². The fourth-order valence-electron chi connectivity index (χ4n) is 2.82. The molecule has 1 fully saturated rings. The van der Waals surface area contributed by atoms with Gasteiger partial charge in [0.1, 0.15) is 0 Å². The van der Waals surface area contributed by atoms with E-state index in [1.807, 2.05) is 0 Å². The molecule has 0 bridgehead atoms. The van der Waals surface area contributed by atoms with Crippen LogP contribution >= 0.6 is 0 Å². The van der Waals surface area contributed by atoms with E-state index in [-0.39, 0.29) is 12.1 Å². The minimum atomic E-state index is 0.0779. The van der Waals surface area contributed by atoms with Crippen LogP contribution in [0.1, 0.15) is 23.6 Å². The summed E-state index contributed by atoms with van der Waals surface area (Å²) in [5, 5.41) is 0. The summed E-state index contributed by atoms with van der Waals surface area (Å²) >= 11 is 0. The normalized spacial score (nSPS) is 22.4. The maximum atomic E-state index is 6.38. The molecule has 0 radical (unpaired) electrons. The minimum Gasteiger partial charge on any atom is -0.374 e. The lowest BCUT2D eigenvalue weighted by atomic mass is 9.94. The summed E-state index contributed by atoms with van der Waals surface area (Å²) < 4.78 is 5.86. The lowest BCUT2D eigenvalue weighted by Gasteiger charge is -2.35. The van der Waals surface area contributed by atoms with Gasteiger partial charge in [0.15, 0.2) is 0 Å². The molecule has 0 saturated carbocycles. The van der Waals surface area contributed by atoms with E-state index >= 15 is 0 Å². The molecule has 3 nitrogen and oxygen atoms in total. The number of likely N-dealkylation sites (N-methyl/N-ethyl adjacent to an activating group) is 1. The van der Waals surface area contributed by atoms with Gasteiger partial charge >= 0.3 is 0 Å². The summed E-state index contributed by atoms with van der Waals surface area (Å²) in [6.07, 6.45) is 1.06. The van der Waals surface area contributed by atoms with E-state index in [1.54, 1.807) is 0 Å². The van der Waals surface area contributed by atoms with Crippen molar-refractivity contribution in [3.05, 3.63) is 34.9 Å². The van der Waals surface area contributed by atoms with Gasteiger partial charge in [-0.3, -0.25) is 4.90 Å². The number of benzene rings is 1. The number of morpholine rings is 1. The molecule has 106 valence electrons. The molecular formula is C16H26N2O. The predicted octanol–water partition coefficient (Wildman–Crippen LogP) is 1.89. The third-order valence-electron chi connectivity index (χ3n) is 4.19. The van der Waals surface area contributed by atoms with Crippen molar-refractivity contribution >= 4 is 0 Å². The molecule has 0 aromatic heterocycles. The zero-order valence-corrected chi connectivity index (χ0v) is 12.4. The van der Waals surface area contributed by atoms with Crippen LogP contribution in [0.3, 0.4) is 0 Å². The Morgan fingerprint density at radius 3 is 2.68 bits per heavy atom. The van der Waals surface area contributed by atoms with Crippen LogP contribution in [-0.2, 0) is 11.2 Å². The van der Waals surface area contributed by atoms with Crippen LogP contribution in [0.5, 0.6) is 0 Å². The zero-order valence-electron chi connectivity index (χ0n) is 12.4. The molecular weight excluding hydrogens is 236 g/mol. The Morgan fingerprint density at radius 2 is 2.05 bits per heavy atom. The molecule has 3 heteroatoms. The Labute approximate surface area is 116 Å². The van der Waals surface area contributed by atoms with E-state index in [9.17, 15) is 0 Å². The lowest BCUT2D eigenvalue weighted by Crippen LogP contribution is -2.51. The summed E-state index contributed by atoms with van der Waals surface area (Å²) in [7, 11) is 0. The third-order valence-corrected chi connectivity index (χ3v) is 4.19. The van der Waals surface area contributed by atoms with Crippen LogP contribution in [-0.4, -0.2) is 43.3 Å². The predicted molar refractivity (Wildman–Crippen MR) is 79.4 cm³/mol. The number of rotatable bonds is 4. The van der Waals surface area contributed by atoms with Gasteiger partial charge in [-0.1, -0.05) is 25.1 Å². The highest BCUT2D eigenvalue weighted by Crippen LogP contribution is 2.18. The Balaban J connectivity index is 2.02. The molecule has 2 unspecified atom stereocenters. The van der Waals surface area contributed by atoms with Crippen LogP contribution in [0, 0.1) is 13.8 Å². The number of aryl methyl sites for hydroxylation is 2. The summed E-state index contributed by atoms with van der Waals surface area (Å²) in [5.41, 5.74) is 10.4. The van der Waals surface area contributed by atoms with E-state index in [0.29, 0.717) is 0 Å². The largest absolute Gasteiger partial charge is 0.374 e. The van der Waals surface area contributed by atoms with Crippen molar-refractivity contribution in [3.63, 3.8) is 0 Å². The summed E-state index contributed by atoms with van der Waals surface area (Å²) in [6.45, 7) is 10.4. The molecule has 1 aromatic carbocycles. The number of hydrogen-bond acceptors (Lipinski definition) is 3. The van der Waals surface area contributed by atoms with Crippen LogP contribution < -0.4 is 5.73 Å². The van der Waals surface area contributed by atoms with Gasteiger partial charge in [0.2, 0.25) is 0 Å². The molecule has 1 aliphatic heterocycles. The molecule has 1 saturated heterocycles. The smallest absolute Gasteiger partial charge is 0.0856 e. The number of ether oxygens (including phenoxy) is 1.